The zero-order valence-electron chi connectivity index (χ0n) is 20.1. The van der Waals surface area contributed by atoms with E-state index in [2.05, 4.69) is 12.1 Å². The second kappa shape index (κ2) is 9.16. The summed E-state index contributed by atoms with van der Waals surface area (Å²) in [6, 6.07) is 17.0. The molecule has 2 heterocycles. The summed E-state index contributed by atoms with van der Waals surface area (Å²) in [6.07, 6.45) is 8.22. The third kappa shape index (κ3) is 4.03. The van der Waals surface area contributed by atoms with Crippen LogP contribution in [-0.2, 0) is 21.4 Å². The Hall–Kier alpha value is -2.69. The van der Waals surface area contributed by atoms with Gasteiger partial charge in [0.2, 0.25) is 11.8 Å². The highest BCUT2D eigenvalue weighted by Crippen LogP contribution is 2.47. The molecule has 5 rings (SSSR count). The van der Waals surface area contributed by atoms with Crippen molar-refractivity contribution in [1.29, 1.82) is 0 Å². The molecule has 0 radical (unpaired) electrons. The van der Waals surface area contributed by atoms with Crippen LogP contribution in [0.15, 0.2) is 54.6 Å². The van der Waals surface area contributed by atoms with Gasteiger partial charge in [0, 0.05) is 26.2 Å². The Labute approximate surface area is 202 Å². The number of likely N-dealkylation sites (N-methyl/N-ethyl adjacent to an activating group) is 1. The van der Waals surface area contributed by atoms with Crippen LogP contribution in [0.5, 0.6) is 0 Å². The van der Waals surface area contributed by atoms with Crippen molar-refractivity contribution in [1.82, 2.24) is 9.80 Å². The molecular weight excluding hydrogens is 427 g/mol. The maximum Gasteiger partial charge on any atom is 0.233 e. The third-order valence-corrected chi connectivity index (χ3v) is 8.78. The number of benzene rings is 2. The smallest absolute Gasteiger partial charge is 0.233 e. The molecule has 2 amide bonds. The van der Waals surface area contributed by atoms with Crippen molar-refractivity contribution in [3.8, 4) is 0 Å². The Morgan fingerprint density at radius 3 is 2.24 bits per heavy atom. The number of amides is 2. The van der Waals surface area contributed by atoms with E-state index in [1.165, 1.54) is 18.6 Å². The van der Waals surface area contributed by atoms with E-state index in [0.29, 0.717) is 13.1 Å². The maximum absolute atomic E-state index is 14.0. The van der Waals surface area contributed by atoms with Crippen molar-refractivity contribution in [2.45, 2.75) is 69.2 Å². The quantitative estimate of drug-likeness (QED) is 0.634. The number of carbonyl (C=O) groups is 2. The first-order chi connectivity index (χ1) is 16.4. The van der Waals surface area contributed by atoms with Gasteiger partial charge in [-0.15, -0.1) is 0 Å². The number of likely N-dealkylation sites (tertiary alicyclic amines) is 2. The molecule has 2 aromatic rings. The first-order valence-corrected chi connectivity index (χ1v) is 12.8. The van der Waals surface area contributed by atoms with Crippen molar-refractivity contribution in [3.05, 3.63) is 71.5 Å². The van der Waals surface area contributed by atoms with E-state index in [4.69, 9.17) is 0 Å². The van der Waals surface area contributed by atoms with Gasteiger partial charge in [-0.25, -0.2) is 4.39 Å². The molecule has 1 aliphatic carbocycles. The number of piperidine rings is 1. The Morgan fingerprint density at radius 1 is 0.941 bits per heavy atom. The fraction of sp³-hybridized carbons (Fsp3) is 0.517. The van der Waals surface area contributed by atoms with Crippen molar-refractivity contribution >= 4 is 11.8 Å². The van der Waals surface area contributed by atoms with Crippen molar-refractivity contribution < 1.29 is 14.0 Å². The lowest BCUT2D eigenvalue weighted by Gasteiger charge is -2.44. The summed E-state index contributed by atoms with van der Waals surface area (Å²) in [7, 11) is 1.90. The Morgan fingerprint density at radius 2 is 1.59 bits per heavy atom. The van der Waals surface area contributed by atoms with Gasteiger partial charge < -0.3 is 9.80 Å². The van der Waals surface area contributed by atoms with E-state index in [9.17, 15) is 14.0 Å². The molecule has 0 bridgehead atoms. The zero-order chi connectivity index (χ0) is 23.8. The van der Waals surface area contributed by atoms with E-state index in [1.54, 1.807) is 0 Å². The first-order valence-electron chi connectivity index (χ1n) is 12.8. The van der Waals surface area contributed by atoms with Gasteiger partial charge in [-0.05, 0) is 61.8 Å². The van der Waals surface area contributed by atoms with Gasteiger partial charge >= 0.3 is 0 Å². The van der Waals surface area contributed by atoms with E-state index in [-0.39, 0.29) is 29.1 Å². The molecule has 3 fully saturated rings. The van der Waals surface area contributed by atoms with Crippen LogP contribution in [0.4, 0.5) is 4.39 Å². The number of rotatable bonds is 4. The second-order valence-electron chi connectivity index (χ2n) is 10.7. The lowest BCUT2D eigenvalue weighted by atomic mass is 9.67. The molecule has 1 spiro atoms. The van der Waals surface area contributed by atoms with Crippen LogP contribution in [0.1, 0.15) is 62.5 Å². The van der Waals surface area contributed by atoms with Gasteiger partial charge in [-0.2, -0.15) is 0 Å². The van der Waals surface area contributed by atoms with Crippen molar-refractivity contribution in [2.24, 2.45) is 5.41 Å². The van der Waals surface area contributed by atoms with Gasteiger partial charge in [0.25, 0.3) is 0 Å². The summed E-state index contributed by atoms with van der Waals surface area (Å²) in [5.74, 6) is 0.233. The molecule has 34 heavy (non-hydrogen) atoms. The minimum absolute atomic E-state index is 0.120. The molecular formula is C29H35FN2O2. The predicted molar refractivity (Wildman–Crippen MR) is 131 cm³/mol. The molecule has 2 aromatic carbocycles. The van der Waals surface area contributed by atoms with Crippen LogP contribution in [-0.4, -0.2) is 47.8 Å². The van der Waals surface area contributed by atoms with E-state index in [1.807, 2.05) is 47.2 Å². The summed E-state index contributed by atoms with van der Waals surface area (Å²) in [5.41, 5.74) is 1.42. The molecule has 0 N–H and O–H groups in total. The SMILES string of the molecule is CN1C(=O)C2(CCN(C(=O)C3(c4ccccc4)CCCCC3)CC2)C[C@H]1Cc1ccc(F)cc1. The van der Waals surface area contributed by atoms with Gasteiger partial charge in [0.05, 0.1) is 10.8 Å². The molecule has 0 aromatic heterocycles. The Bertz CT molecular complexity index is 1020. The van der Waals surface area contributed by atoms with Crippen LogP contribution in [0.2, 0.25) is 0 Å². The number of hydrogen-bond acceptors (Lipinski definition) is 2. The lowest BCUT2D eigenvalue weighted by molar-refractivity contribution is -0.146. The van der Waals surface area contributed by atoms with E-state index < -0.39 is 5.41 Å². The lowest BCUT2D eigenvalue weighted by Crippen LogP contribution is -2.53. The highest BCUT2D eigenvalue weighted by Gasteiger charge is 2.53. The summed E-state index contributed by atoms with van der Waals surface area (Å²) in [6.45, 7) is 1.30. The van der Waals surface area contributed by atoms with Gasteiger partial charge in [-0.1, -0.05) is 61.7 Å². The highest BCUT2D eigenvalue weighted by molar-refractivity contribution is 5.89. The molecule has 0 unspecified atom stereocenters. The molecule has 1 atom stereocenters. The highest BCUT2D eigenvalue weighted by atomic mass is 19.1. The topological polar surface area (TPSA) is 40.6 Å². The average Bonchev–Trinajstić information content (AvgIpc) is 3.10. The van der Waals surface area contributed by atoms with Gasteiger partial charge in [0.1, 0.15) is 5.82 Å². The fourth-order valence-electron chi connectivity index (χ4n) is 6.71. The monoisotopic (exact) mass is 462 g/mol. The molecule has 180 valence electrons. The normalized spacial score (nSPS) is 23.9. The number of hydrogen-bond donors (Lipinski definition) is 0. The molecule has 2 aliphatic heterocycles. The largest absolute Gasteiger partial charge is 0.342 e. The van der Waals surface area contributed by atoms with Crippen LogP contribution in [0, 0.1) is 11.2 Å². The Kier molecular flexibility index (Phi) is 6.22. The average molecular weight is 463 g/mol. The second-order valence-corrected chi connectivity index (χ2v) is 10.7. The number of carbonyl (C=O) groups excluding carboxylic acids is 2. The van der Waals surface area contributed by atoms with Crippen LogP contribution >= 0.6 is 0 Å². The molecule has 4 nitrogen and oxygen atoms in total. The van der Waals surface area contributed by atoms with Crippen molar-refractivity contribution in [3.63, 3.8) is 0 Å². The molecule has 3 aliphatic rings. The summed E-state index contributed by atoms with van der Waals surface area (Å²) >= 11 is 0. The van der Waals surface area contributed by atoms with E-state index in [0.717, 1.165) is 62.5 Å². The van der Waals surface area contributed by atoms with Crippen LogP contribution < -0.4 is 0 Å². The maximum atomic E-state index is 14.0. The van der Waals surface area contributed by atoms with Crippen LogP contribution in [0.25, 0.3) is 0 Å². The third-order valence-electron chi connectivity index (χ3n) is 8.78. The van der Waals surface area contributed by atoms with Crippen molar-refractivity contribution in [2.75, 3.05) is 20.1 Å². The first kappa shape index (κ1) is 23.1. The minimum atomic E-state index is -0.411. The van der Waals surface area contributed by atoms with Crippen LogP contribution in [0.3, 0.4) is 0 Å². The molecule has 2 saturated heterocycles. The van der Waals surface area contributed by atoms with Gasteiger partial charge in [-0.3, -0.25) is 9.59 Å². The number of nitrogens with zero attached hydrogens (tertiary/aromatic N) is 2. The summed E-state index contributed by atoms with van der Waals surface area (Å²) < 4.78 is 13.3. The Balaban J connectivity index is 1.29. The standard InChI is InChI=1S/C29H35FN2O2/c1-31-25(20-22-10-12-24(30)13-11-22)21-28(26(31)33)16-18-32(19-17-28)27(34)29(14-6-3-7-15-29)23-8-4-2-5-9-23/h2,4-5,8-13,25H,3,6-7,14-21H2,1H3/t25-/m1/s1. The predicted octanol–water partition coefficient (Wildman–Crippen LogP) is 5.11. The molecule has 5 heteroatoms. The molecule has 1 saturated carbocycles. The minimum Gasteiger partial charge on any atom is -0.342 e. The zero-order valence-corrected chi connectivity index (χ0v) is 20.1. The van der Waals surface area contributed by atoms with Gasteiger partial charge in [0.15, 0.2) is 0 Å². The fourth-order valence-corrected chi connectivity index (χ4v) is 6.71. The van der Waals surface area contributed by atoms with E-state index >= 15 is 0 Å². The summed E-state index contributed by atoms with van der Waals surface area (Å²) in [4.78, 5) is 31.3. The summed E-state index contributed by atoms with van der Waals surface area (Å²) in [5, 5.41) is 0. The number of halogens is 1.